The first-order valence-electron chi connectivity index (χ1n) is 6.14. The van der Waals surface area contributed by atoms with Gasteiger partial charge in [-0.1, -0.05) is 27.7 Å². The zero-order chi connectivity index (χ0) is 14.2. The van der Waals surface area contributed by atoms with Crippen LogP contribution < -0.4 is 0 Å². The molecule has 19 heavy (non-hydrogen) atoms. The van der Waals surface area contributed by atoms with Gasteiger partial charge in [-0.2, -0.15) is 10.5 Å². The van der Waals surface area contributed by atoms with Crippen LogP contribution >= 0.6 is 11.3 Å². The van der Waals surface area contributed by atoms with Crippen LogP contribution in [0.2, 0.25) is 0 Å². The minimum Gasteiger partial charge on any atom is -0.231 e. The van der Waals surface area contributed by atoms with Crippen LogP contribution in [0, 0.1) is 22.7 Å². The van der Waals surface area contributed by atoms with Gasteiger partial charge in [0.15, 0.2) is 11.4 Å². The first kappa shape index (κ1) is 13.5. The summed E-state index contributed by atoms with van der Waals surface area (Å²) < 4.78 is 0. The van der Waals surface area contributed by atoms with Crippen LogP contribution in [0.25, 0.3) is 11.0 Å². The van der Waals surface area contributed by atoms with Crippen molar-refractivity contribution in [2.75, 3.05) is 0 Å². The standard InChI is InChI=1S/C14H14N4S/c1-7(2)13-11-12(14(19-13)8(3)4)18-10(6-16)9(5-15)17-11/h7-8H,1-4H3. The van der Waals surface area contributed by atoms with Crippen molar-refractivity contribution in [3.8, 4) is 12.1 Å². The second-order valence-corrected chi connectivity index (χ2v) is 6.07. The molecule has 0 saturated carbocycles. The topological polar surface area (TPSA) is 73.4 Å². The minimum absolute atomic E-state index is 0.116. The minimum atomic E-state index is 0.116. The molecule has 0 radical (unpaired) electrons. The maximum atomic E-state index is 9.05. The molecule has 4 nitrogen and oxygen atoms in total. The van der Waals surface area contributed by atoms with Crippen molar-refractivity contribution < 1.29 is 0 Å². The summed E-state index contributed by atoms with van der Waals surface area (Å²) in [6.45, 7) is 8.39. The van der Waals surface area contributed by atoms with E-state index in [1.54, 1.807) is 11.3 Å². The number of hydrogen-bond acceptors (Lipinski definition) is 5. The third-order valence-electron chi connectivity index (χ3n) is 2.84. The van der Waals surface area contributed by atoms with E-state index < -0.39 is 0 Å². The normalized spacial score (nSPS) is 10.9. The quantitative estimate of drug-likeness (QED) is 0.834. The van der Waals surface area contributed by atoms with Gasteiger partial charge >= 0.3 is 0 Å². The predicted octanol–water partition coefficient (Wildman–Crippen LogP) is 3.68. The number of hydrogen-bond donors (Lipinski definition) is 0. The van der Waals surface area contributed by atoms with Crippen LogP contribution in [-0.2, 0) is 0 Å². The lowest BCUT2D eigenvalue weighted by Crippen LogP contribution is -1.97. The van der Waals surface area contributed by atoms with Gasteiger partial charge in [0, 0.05) is 9.75 Å². The Balaban J connectivity index is 2.89. The first-order valence-corrected chi connectivity index (χ1v) is 6.95. The molecule has 2 aromatic rings. The van der Waals surface area contributed by atoms with Gasteiger partial charge in [-0.3, -0.25) is 0 Å². The Hall–Kier alpha value is -1.98. The lowest BCUT2D eigenvalue weighted by Gasteiger charge is -2.01. The smallest absolute Gasteiger partial charge is 0.177 e. The predicted molar refractivity (Wildman–Crippen MR) is 75.0 cm³/mol. The van der Waals surface area contributed by atoms with E-state index >= 15 is 0 Å². The fourth-order valence-corrected chi connectivity index (χ4v) is 3.12. The summed E-state index contributed by atoms with van der Waals surface area (Å²) in [5, 5.41) is 18.1. The average molecular weight is 270 g/mol. The molecule has 0 aliphatic heterocycles. The van der Waals surface area contributed by atoms with Crippen LogP contribution in [0.4, 0.5) is 0 Å². The van der Waals surface area contributed by atoms with Crippen molar-refractivity contribution >= 4 is 22.4 Å². The Bertz CT molecular complexity index is 654. The molecule has 0 amide bonds. The second-order valence-electron chi connectivity index (χ2n) is 4.98. The Kier molecular flexibility index (Phi) is 3.50. The zero-order valence-corrected chi connectivity index (χ0v) is 12.2. The van der Waals surface area contributed by atoms with Crippen molar-refractivity contribution in [2.45, 2.75) is 39.5 Å². The zero-order valence-electron chi connectivity index (χ0n) is 11.4. The van der Waals surface area contributed by atoms with Crippen LogP contribution in [0.3, 0.4) is 0 Å². The van der Waals surface area contributed by atoms with E-state index in [2.05, 4.69) is 37.7 Å². The molecule has 96 valence electrons. The molecule has 0 unspecified atom stereocenters. The first-order chi connectivity index (χ1) is 8.99. The van der Waals surface area contributed by atoms with E-state index in [1.165, 1.54) is 0 Å². The molecule has 2 aromatic heterocycles. The molecule has 0 fully saturated rings. The number of fused-ring (bicyclic) bond motifs is 1. The van der Waals surface area contributed by atoms with E-state index in [9.17, 15) is 0 Å². The Morgan fingerprint density at radius 2 is 1.21 bits per heavy atom. The van der Waals surface area contributed by atoms with Crippen molar-refractivity contribution in [3.63, 3.8) is 0 Å². The van der Waals surface area contributed by atoms with Gasteiger partial charge in [0.05, 0.1) is 0 Å². The fourth-order valence-electron chi connectivity index (χ4n) is 1.93. The molecule has 5 heteroatoms. The van der Waals surface area contributed by atoms with Crippen molar-refractivity contribution in [3.05, 3.63) is 21.1 Å². The van der Waals surface area contributed by atoms with Crippen molar-refractivity contribution in [1.29, 1.82) is 10.5 Å². The summed E-state index contributed by atoms with van der Waals surface area (Å²) in [7, 11) is 0. The molecule has 0 aliphatic rings. The van der Waals surface area contributed by atoms with E-state index in [0.29, 0.717) is 11.8 Å². The molecular weight excluding hydrogens is 256 g/mol. The lowest BCUT2D eigenvalue weighted by molar-refractivity contribution is 0.891. The highest BCUT2D eigenvalue weighted by atomic mass is 32.1. The van der Waals surface area contributed by atoms with Gasteiger partial charge in [0.25, 0.3) is 0 Å². The number of thiophene rings is 1. The van der Waals surface area contributed by atoms with E-state index in [-0.39, 0.29) is 11.4 Å². The fraction of sp³-hybridized carbons (Fsp3) is 0.429. The van der Waals surface area contributed by atoms with E-state index in [1.807, 2.05) is 12.1 Å². The van der Waals surface area contributed by atoms with Crippen LogP contribution in [-0.4, -0.2) is 9.97 Å². The number of rotatable bonds is 2. The average Bonchev–Trinajstić information content (AvgIpc) is 2.75. The van der Waals surface area contributed by atoms with Gasteiger partial charge in [-0.15, -0.1) is 11.3 Å². The highest BCUT2D eigenvalue weighted by molar-refractivity contribution is 7.13. The Morgan fingerprint density at radius 3 is 1.47 bits per heavy atom. The monoisotopic (exact) mass is 270 g/mol. The maximum absolute atomic E-state index is 9.05. The molecule has 0 spiro atoms. The summed E-state index contributed by atoms with van der Waals surface area (Å²) in [6.07, 6.45) is 0. The molecule has 0 aliphatic carbocycles. The molecule has 0 bridgehead atoms. The molecule has 2 heterocycles. The molecule has 2 rings (SSSR count). The Labute approximate surface area is 116 Å². The number of aromatic nitrogens is 2. The highest BCUT2D eigenvalue weighted by Gasteiger charge is 2.20. The summed E-state index contributed by atoms with van der Waals surface area (Å²) in [5.74, 6) is 0.655. The molecule has 0 aromatic carbocycles. The summed E-state index contributed by atoms with van der Waals surface area (Å²) in [6, 6.07) is 3.90. The summed E-state index contributed by atoms with van der Waals surface area (Å²) in [5.41, 5.74) is 1.79. The second kappa shape index (κ2) is 4.95. The summed E-state index contributed by atoms with van der Waals surface area (Å²) in [4.78, 5) is 11.0. The van der Waals surface area contributed by atoms with E-state index in [4.69, 9.17) is 10.5 Å². The molecule has 0 atom stereocenters. The van der Waals surface area contributed by atoms with E-state index in [0.717, 1.165) is 20.8 Å². The highest BCUT2D eigenvalue weighted by Crippen LogP contribution is 2.38. The molecule has 0 saturated heterocycles. The Morgan fingerprint density at radius 1 is 0.842 bits per heavy atom. The SMILES string of the molecule is CC(C)c1sc(C(C)C)c2nc(C#N)c(C#N)nc12. The molecular formula is C14H14N4S. The van der Waals surface area contributed by atoms with Gasteiger partial charge in [0.1, 0.15) is 23.2 Å². The third kappa shape index (κ3) is 2.18. The van der Waals surface area contributed by atoms with Gasteiger partial charge in [0.2, 0.25) is 0 Å². The number of nitrogens with zero attached hydrogens (tertiary/aromatic N) is 4. The van der Waals surface area contributed by atoms with Crippen LogP contribution in [0.1, 0.15) is 60.7 Å². The van der Waals surface area contributed by atoms with Crippen LogP contribution in [0.5, 0.6) is 0 Å². The third-order valence-corrected chi connectivity index (χ3v) is 4.61. The lowest BCUT2D eigenvalue weighted by atomic mass is 10.1. The van der Waals surface area contributed by atoms with Crippen molar-refractivity contribution in [2.24, 2.45) is 0 Å². The summed E-state index contributed by atoms with van der Waals surface area (Å²) >= 11 is 1.68. The largest absolute Gasteiger partial charge is 0.231 e. The van der Waals surface area contributed by atoms with Gasteiger partial charge < -0.3 is 0 Å². The molecule has 0 N–H and O–H groups in total. The van der Waals surface area contributed by atoms with Crippen molar-refractivity contribution in [1.82, 2.24) is 9.97 Å². The number of nitriles is 2. The van der Waals surface area contributed by atoms with Gasteiger partial charge in [-0.05, 0) is 11.8 Å². The van der Waals surface area contributed by atoms with Gasteiger partial charge in [-0.25, -0.2) is 9.97 Å². The maximum Gasteiger partial charge on any atom is 0.177 e. The van der Waals surface area contributed by atoms with Crippen LogP contribution in [0.15, 0.2) is 0 Å².